The molecule has 1 aromatic heterocycles. The summed E-state index contributed by atoms with van der Waals surface area (Å²) in [5.41, 5.74) is 4.23. The summed E-state index contributed by atoms with van der Waals surface area (Å²) >= 11 is 1.85. The van der Waals surface area contributed by atoms with Gasteiger partial charge in [-0.2, -0.15) is 0 Å². The van der Waals surface area contributed by atoms with Crippen LogP contribution in [-0.2, 0) is 13.5 Å². The number of thioether (sulfide) groups is 1. The number of imidazole rings is 1. The zero-order chi connectivity index (χ0) is 14.4. The fourth-order valence-corrected chi connectivity index (χ4v) is 3.18. The monoisotopic (exact) mass is 290 g/mol. The van der Waals surface area contributed by atoms with Crippen LogP contribution < -0.4 is 11.3 Å². The van der Waals surface area contributed by atoms with Gasteiger partial charge in [0.1, 0.15) is 5.82 Å². The lowest BCUT2D eigenvalue weighted by molar-refractivity contribution is 0.528. The number of aromatic nitrogens is 2. The van der Waals surface area contributed by atoms with Crippen LogP contribution in [0.25, 0.3) is 0 Å². The number of rotatable bonds is 7. The van der Waals surface area contributed by atoms with Gasteiger partial charge in [0.2, 0.25) is 0 Å². The number of hydrogen-bond acceptors (Lipinski definition) is 4. The van der Waals surface area contributed by atoms with Crippen LogP contribution >= 0.6 is 11.8 Å². The van der Waals surface area contributed by atoms with Gasteiger partial charge in [-0.25, -0.2) is 4.98 Å². The fraction of sp³-hybridized carbons (Fsp3) is 0.400. The quantitative estimate of drug-likeness (QED) is 0.467. The second kappa shape index (κ2) is 7.47. The van der Waals surface area contributed by atoms with Crippen molar-refractivity contribution < 1.29 is 0 Å². The Bertz CT molecular complexity index is 538. The molecule has 1 atom stereocenters. The molecule has 3 N–H and O–H groups in total. The molecule has 0 fully saturated rings. The molecule has 5 heteroatoms. The van der Waals surface area contributed by atoms with Crippen molar-refractivity contribution in [2.24, 2.45) is 12.9 Å². The average Bonchev–Trinajstić information content (AvgIpc) is 2.86. The molecule has 0 aliphatic heterocycles. The molecule has 4 nitrogen and oxygen atoms in total. The van der Waals surface area contributed by atoms with Crippen molar-refractivity contribution in [3.63, 3.8) is 0 Å². The molecule has 2 rings (SSSR count). The Kier molecular flexibility index (Phi) is 5.64. The number of hydrogen-bond donors (Lipinski definition) is 2. The van der Waals surface area contributed by atoms with Crippen molar-refractivity contribution in [2.45, 2.75) is 30.7 Å². The number of benzene rings is 1. The van der Waals surface area contributed by atoms with E-state index in [2.05, 4.69) is 46.2 Å². The number of nitrogens with zero attached hydrogens (tertiary/aromatic N) is 2. The fourth-order valence-electron chi connectivity index (χ4n) is 2.06. The predicted molar refractivity (Wildman–Crippen MR) is 84.5 cm³/mol. The maximum atomic E-state index is 5.66. The van der Waals surface area contributed by atoms with Gasteiger partial charge in [-0.1, -0.05) is 18.2 Å². The summed E-state index contributed by atoms with van der Waals surface area (Å²) in [6.07, 6.45) is 5.73. The number of nitrogens with one attached hydrogen (secondary N) is 1. The van der Waals surface area contributed by atoms with Crippen LogP contribution in [0.15, 0.2) is 41.6 Å². The summed E-state index contributed by atoms with van der Waals surface area (Å²) < 4.78 is 2.06. The van der Waals surface area contributed by atoms with E-state index in [1.165, 1.54) is 10.5 Å². The van der Waals surface area contributed by atoms with Crippen LogP contribution in [0.5, 0.6) is 0 Å². The summed E-state index contributed by atoms with van der Waals surface area (Å²) in [6.45, 7) is 2.14. The molecule has 0 bridgehead atoms. The molecule has 1 unspecified atom stereocenters. The van der Waals surface area contributed by atoms with E-state index in [-0.39, 0.29) is 6.04 Å². The number of aryl methyl sites for hydroxylation is 3. The van der Waals surface area contributed by atoms with Crippen LogP contribution in [0, 0.1) is 6.92 Å². The normalized spacial score (nSPS) is 12.6. The largest absolute Gasteiger partial charge is 0.338 e. The molecule has 0 spiro atoms. The topological polar surface area (TPSA) is 55.9 Å². The minimum Gasteiger partial charge on any atom is -0.338 e. The van der Waals surface area contributed by atoms with Gasteiger partial charge < -0.3 is 4.57 Å². The highest BCUT2D eigenvalue weighted by atomic mass is 32.2. The van der Waals surface area contributed by atoms with E-state index < -0.39 is 0 Å². The van der Waals surface area contributed by atoms with Crippen molar-refractivity contribution in [2.75, 3.05) is 5.75 Å². The van der Waals surface area contributed by atoms with Gasteiger partial charge in [-0.05, 0) is 25.0 Å². The van der Waals surface area contributed by atoms with E-state index in [4.69, 9.17) is 5.84 Å². The Labute approximate surface area is 124 Å². The van der Waals surface area contributed by atoms with Crippen molar-refractivity contribution >= 4 is 11.8 Å². The molecule has 108 valence electrons. The first-order valence-electron chi connectivity index (χ1n) is 6.81. The van der Waals surface area contributed by atoms with Crippen LogP contribution in [0.4, 0.5) is 0 Å². The summed E-state index contributed by atoms with van der Waals surface area (Å²) in [6, 6.07) is 8.73. The van der Waals surface area contributed by atoms with Gasteiger partial charge in [0, 0.05) is 42.6 Å². The highest BCUT2D eigenvalue weighted by Crippen LogP contribution is 2.23. The highest BCUT2D eigenvalue weighted by Gasteiger charge is 2.10. The van der Waals surface area contributed by atoms with Gasteiger partial charge in [0.05, 0.1) is 0 Å². The summed E-state index contributed by atoms with van der Waals surface area (Å²) in [5.74, 6) is 7.73. The van der Waals surface area contributed by atoms with Gasteiger partial charge in [-0.15, -0.1) is 11.8 Å². The zero-order valence-corrected chi connectivity index (χ0v) is 12.9. The lowest BCUT2D eigenvalue weighted by Crippen LogP contribution is -2.37. The van der Waals surface area contributed by atoms with Crippen LogP contribution in [0.3, 0.4) is 0 Å². The molecule has 1 aromatic carbocycles. The second-order valence-corrected chi connectivity index (χ2v) is 5.99. The SMILES string of the molecule is Cc1ccccc1SCC(CCc1nccn1C)NN. The van der Waals surface area contributed by atoms with E-state index in [1.54, 1.807) is 0 Å². The lowest BCUT2D eigenvalue weighted by atomic mass is 10.2. The molecular formula is C15H22N4S. The maximum absolute atomic E-state index is 5.66. The third kappa shape index (κ3) is 4.10. The second-order valence-electron chi connectivity index (χ2n) is 4.93. The zero-order valence-electron chi connectivity index (χ0n) is 12.0. The van der Waals surface area contributed by atoms with Gasteiger partial charge in [0.15, 0.2) is 0 Å². The van der Waals surface area contributed by atoms with E-state index in [1.807, 2.05) is 31.2 Å². The Balaban J connectivity index is 1.84. The first-order valence-corrected chi connectivity index (χ1v) is 7.80. The van der Waals surface area contributed by atoms with Gasteiger partial charge in [-0.3, -0.25) is 11.3 Å². The molecule has 0 radical (unpaired) electrons. The van der Waals surface area contributed by atoms with Crippen molar-refractivity contribution in [1.29, 1.82) is 0 Å². The van der Waals surface area contributed by atoms with E-state index in [9.17, 15) is 0 Å². The third-order valence-corrected chi connectivity index (χ3v) is 4.74. The Morgan fingerprint density at radius 2 is 2.20 bits per heavy atom. The predicted octanol–water partition coefficient (Wildman–Crippen LogP) is 2.29. The summed E-state index contributed by atoms with van der Waals surface area (Å²) in [7, 11) is 2.02. The van der Waals surface area contributed by atoms with Crippen molar-refractivity contribution in [1.82, 2.24) is 15.0 Å². The summed E-state index contributed by atoms with van der Waals surface area (Å²) in [5, 5.41) is 0. The Hall–Kier alpha value is -1.30. The first kappa shape index (κ1) is 15.1. The minimum atomic E-state index is 0.288. The number of hydrazine groups is 1. The smallest absolute Gasteiger partial charge is 0.108 e. The van der Waals surface area contributed by atoms with E-state index in [0.29, 0.717) is 0 Å². The molecular weight excluding hydrogens is 268 g/mol. The average molecular weight is 290 g/mol. The summed E-state index contributed by atoms with van der Waals surface area (Å²) in [4.78, 5) is 5.67. The van der Waals surface area contributed by atoms with Crippen LogP contribution in [0.1, 0.15) is 17.8 Å². The molecule has 0 saturated heterocycles. The van der Waals surface area contributed by atoms with E-state index in [0.717, 1.165) is 24.4 Å². The van der Waals surface area contributed by atoms with Gasteiger partial charge in [0.25, 0.3) is 0 Å². The third-order valence-electron chi connectivity index (χ3n) is 3.41. The molecule has 2 aromatic rings. The number of nitrogens with two attached hydrogens (primary N) is 1. The minimum absolute atomic E-state index is 0.288. The van der Waals surface area contributed by atoms with Crippen LogP contribution in [-0.4, -0.2) is 21.3 Å². The molecule has 0 amide bonds. The Morgan fingerprint density at radius 1 is 1.40 bits per heavy atom. The molecule has 0 aliphatic carbocycles. The lowest BCUT2D eigenvalue weighted by Gasteiger charge is -2.16. The van der Waals surface area contributed by atoms with E-state index >= 15 is 0 Å². The van der Waals surface area contributed by atoms with Gasteiger partial charge >= 0.3 is 0 Å². The Morgan fingerprint density at radius 3 is 2.85 bits per heavy atom. The molecule has 1 heterocycles. The van der Waals surface area contributed by atoms with Crippen molar-refractivity contribution in [3.8, 4) is 0 Å². The first-order chi connectivity index (χ1) is 9.70. The molecule has 0 aliphatic rings. The highest BCUT2D eigenvalue weighted by molar-refractivity contribution is 7.99. The molecule has 0 saturated carbocycles. The van der Waals surface area contributed by atoms with Crippen LogP contribution in [0.2, 0.25) is 0 Å². The van der Waals surface area contributed by atoms with Crippen molar-refractivity contribution in [3.05, 3.63) is 48.0 Å². The maximum Gasteiger partial charge on any atom is 0.108 e. The molecule has 20 heavy (non-hydrogen) atoms. The standard InChI is InChI=1S/C15H22N4S/c1-12-5-3-4-6-14(12)20-11-13(18-16)7-8-15-17-9-10-19(15)2/h3-6,9-10,13,18H,7-8,11,16H2,1-2H3.